The molecule has 0 spiro atoms. The van der Waals surface area contributed by atoms with Crippen LogP contribution in [0.4, 0.5) is 0 Å². The van der Waals surface area contributed by atoms with Gasteiger partial charge in [-0.2, -0.15) is 0 Å². The topological polar surface area (TPSA) is 29.5 Å². The van der Waals surface area contributed by atoms with E-state index in [0.29, 0.717) is 6.61 Å². The molecule has 0 bridgehead atoms. The first kappa shape index (κ1) is 15.5. The summed E-state index contributed by atoms with van der Waals surface area (Å²) in [6.45, 7) is 2.70. The largest absolute Gasteiger partial charge is 0.485 e. The summed E-state index contributed by atoms with van der Waals surface area (Å²) in [5.41, 5.74) is 2.55. The molecule has 2 rings (SSSR count). The summed E-state index contributed by atoms with van der Waals surface area (Å²) < 4.78 is 4.50. The quantitative estimate of drug-likeness (QED) is 0.652. The van der Waals surface area contributed by atoms with Crippen LogP contribution in [0, 0.1) is 0 Å². The van der Waals surface area contributed by atoms with Gasteiger partial charge in [-0.1, -0.05) is 74.0 Å². The molecule has 0 aliphatic heterocycles. The molecule has 0 aliphatic rings. The maximum Gasteiger partial charge on any atom is 0.485 e. The molecule has 0 amide bonds. The summed E-state index contributed by atoms with van der Waals surface area (Å²) in [5.74, 6) is 0. The lowest BCUT2D eigenvalue weighted by molar-refractivity contribution is 0.278. The fourth-order valence-electron chi connectivity index (χ4n) is 1.54. The van der Waals surface area contributed by atoms with Gasteiger partial charge in [0.2, 0.25) is 0 Å². The lowest BCUT2D eigenvalue weighted by Gasteiger charge is -1.98. The van der Waals surface area contributed by atoms with Gasteiger partial charge in [-0.25, -0.2) is 0 Å². The average Bonchev–Trinajstić information content (AvgIpc) is 2.50. The Labute approximate surface area is 116 Å². The van der Waals surface area contributed by atoms with Crippen molar-refractivity contribution >= 4 is 7.69 Å². The number of hydrogen-bond donors (Lipinski definition) is 1. The second-order valence-electron chi connectivity index (χ2n) is 4.06. The summed E-state index contributed by atoms with van der Waals surface area (Å²) in [7, 11) is 0.732. The van der Waals surface area contributed by atoms with E-state index in [2.05, 4.69) is 60.1 Å². The fourth-order valence-corrected chi connectivity index (χ4v) is 1.54. The third-order valence-electron chi connectivity index (χ3n) is 2.57. The van der Waals surface area contributed by atoms with Gasteiger partial charge in [-0.3, -0.25) is 0 Å². The molecule has 2 nitrogen and oxygen atoms in total. The lowest BCUT2D eigenvalue weighted by atomic mass is 10.1. The summed E-state index contributed by atoms with van der Waals surface area (Å²) >= 11 is 0. The van der Waals surface area contributed by atoms with Crippen molar-refractivity contribution in [1.29, 1.82) is 0 Å². The van der Waals surface area contributed by atoms with E-state index in [1.165, 1.54) is 11.1 Å². The zero-order valence-corrected chi connectivity index (χ0v) is 11.3. The number of hydrogen-bond acceptors (Lipinski definition) is 2. The van der Waals surface area contributed by atoms with Gasteiger partial charge in [0.1, 0.15) is 0 Å². The highest BCUT2D eigenvalue weighted by Gasteiger charge is 1.91. The molecule has 99 valence electrons. The molecular formula is C16H20BO2. The number of unbranched alkanes of at least 4 members (excludes halogenated alkanes) is 1. The van der Waals surface area contributed by atoms with E-state index in [-0.39, 0.29) is 0 Å². The average molecular weight is 255 g/mol. The predicted molar refractivity (Wildman–Crippen MR) is 80.7 cm³/mol. The van der Waals surface area contributed by atoms with Gasteiger partial charge < -0.3 is 9.68 Å². The lowest BCUT2D eigenvalue weighted by Crippen LogP contribution is -1.97. The first-order chi connectivity index (χ1) is 9.38. The fraction of sp³-hybridized carbons (Fsp3) is 0.250. The second kappa shape index (κ2) is 10.4. The minimum atomic E-state index is 0.632. The molecule has 2 aromatic carbocycles. The Kier molecular flexibility index (Phi) is 8.44. The zero-order valence-electron chi connectivity index (χ0n) is 11.3. The normalized spacial score (nSPS) is 9.37. The first-order valence-corrected chi connectivity index (χ1v) is 6.56. The van der Waals surface area contributed by atoms with Gasteiger partial charge in [0.05, 0.1) is 0 Å². The van der Waals surface area contributed by atoms with Gasteiger partial charge in [-0.15, -0.1) is 0 Å². The molecule has 1 radical (unpaired) electrons. The van der Waals surface area contributed by atoms with E-state index in [0.717, 1.165) is 20.5 Å². The van der Waals surface area contributed by atoms with Crippen molar-refractivity contribution in [3.63, 3.8) is 0 Å². The van der Waals surface area contributed by atoms with E-state index >= 15 is 0 Å². The van der Waals surface area contributed by atoms with Gasteiger partial charge in [0, 0.05) is 6.61 Å². The molecule has 0 aliphatic carbocycles. The monoisotopic (exact) mass is 255 g/mol. The van der Waals surface area contributed by atoms with Crippen molar-refractivity contribution in [3.05, 3.63) is 60.7 Å². The summed E-state index contributed by atoms with van der Waals surface area (Å²) in [6, 6.07) is 20.8. The van der Waals surface area contributed by atoms with Crippen molar-refractivity contribution in [3.8, 4) is 11.1 Å². The Bertz CT molecular complexity index is 376. The SMILES string of the molecule is CCCCO[B]O.c1ccc(-c2ccccc2)cc1. The van der Waals surface area contributed by atoms with Gasteiger partial charge in [0.25, 0.3) is 0 Å². The van der Waals surface area contributed by atoms with E-state index in [4.69, 9.17) is 5.02 Å². The van der Waals surface area contributed by atoms with Gasteiger partial charge in [-0.05, 0) is 17.5 Å². The molecule has 0 saturated carbocycles. The van der Waals surface area contributed by atoms with Crippen molar-refractivity contribution in [1.82, 2.24) is 0 Å². The van der Waals surface area contributed by atoms with Crippen LogP contribution in [0.5, 0.6) is 0 Å². The highest BCUT2D eigenvalue weighted by Crippen LogP contribution is 2.17. The van der Waals surface area contributed by atoms with E-state index < -0.39 is 0 Å². The molecular weight excluding hydrogens is 235 g/mol. The molecule has 1 N–H and O–H groups in total. The zero-order chi connectivity index (χ0) is 13.8. The van der Waals surface area contributed by atoms with Crippen LogP contribution in [0.1, 0.15) is 19.8 Å². The van der Waals surface area contributed by atoms with Crippen LogP contribution in [-0.4, -0.2) is 19.3 Å². The van der Waals surface area contributed by atoms with E-state index in [9.17, 15) is 0 Å². The molecule has 0 atom stereocenters. The Morgan fingerprint density at radius 3 is 1.74 bits per heavy atom. The molecule has 0 unspecified atom stereocenters. The van der Waals surface area contributed by atoms with Crippen LogP contribution >= 0.6 is 0 Å². The van der Waals surface area contributed by atoms with Crippen LogP contribution in [0.15, 0.2) is 60.7 Å². The van der Waals surface area contributed by atoms with Crippen molar-refractivity contribution in [2.45, 2.75) is 19.8 Å². The molecule has 0 saturated heterocycles. The third-order valence-corrected chi connectivity index (χ3v) is 2.57. The van der Waals surface area contributed by atoms with E-state index in [1.54, 1.807) is 0 Å². The molecule has 19 heavy (non-hydrogen) atoms. The standard InChI is InChI=1S/C12H10.C4H10BO2/c1-3-7-11(8-4-1)12-9-5-2-6-10-12;1-2-3-4-7-5-6/h1-10H;6H,2-4H2,1H3. The molecule has 0 aromatic heterocycles. The molecule has 3 heteroatoms. The Balaban J connectivity index is 0.000000224. The minimum Gasteiger partial charge on any atom is -0.429 e. The Hall–Kier alpha value is -1.58. The number of benzene rings is 2. The smallest absolute Gasteiger partial charge is 0.429 e. The van der Waals surface area contributed by atoms with Crippen LogP contribution in [0.25, 0.3) is 11.1 Å². The first-order valence-electron chi connectivity index (χ1n) is 6.56. The van der Waals surface area contributed by atoms with E-state index in [1.807, 2.05) is 12.1 Å². The summed E-state index contributed by atoms with van der Waals surface area (Å²) in [4.78, 5) is 0. The van der Waals surface area contributed by atoms with Crippen molar-refractivity contribution in [2.75, 3.05) is 6.61 Å². The molecule has 0 heterocycles. The maximum absolute atomic E-state index is 7.95. The maximum atomic E-state index is 7.95. The van der Waals surface area contributed by atoms with Crippen LogP contribution in [-0.2, 0) is 4.65 Å². The predicted octanol–water partition coefficient (Wildman–Crippen LogP) is 3.68. The van der Waals surface area contributed by atoms with Crippen molar-refractivity contribution in [2.24, 2.45) is 0 Å². The molecule has 2 aromatic rings. The van der Waals surface area contributed by atoms with Crippen LogP contribution < -0.4 is 0 Å². The second-order valence-corrected chi connectivity index (χ2v) is 4.06. The highest BCUT2D eigenvalue weighted by atomic mass is 16.5. The molecule has 0 fully saturated rings. The summed E-state index contributed by atoms with van der Waals surface area (Å²) in [6.07, 6.45) is 2.12. The Morgan fingerprint density at radius 1 is 0.895 bits per heavy atom. The highest BCUT2D eigenvalue weighted by molar-refractivity contribution is 6.15. The summed E-state index contributed by atoms with van der Waals surface area (Å²) in [5, 5.41) is 7.95. The number of rotatable bonds is 5. The van der Waals surface area contributed by atoms with Crippen LogP contribution in [0.3, 0.4) is 0 Å². The van der Waals surface area contributed by atoms with Crippen molar-refractivity contribution < 1.29 is 9.68 Å². The van der Waals surface area contributed by atoms with Crippen LogP contribution in [0.2, 0.25) is 0 Å². The third kappa shape index (κ3) is 6.80. The Morgan fingerprint density at radius 2 is 1.37 bits per heavy atom. The minimum absolute atomic E-state index is 0.632. The van der Waals surface area contributed by atoms with Gasteiger partial charge in [0.15, 0.2) is 0 Å². The van der Waals surface area contributed by atoms with Gasteiger partial charge >= 0.3 is 7.69 Å².